The first-order chi connectivity index (χ1) is 49.2. The number of nitrogens with zero attached hydrogens (tertiary/aromatic N) is 14. The Morgan fingerprint density at radius 3 is 1.30 bits per heavy atom. The molecule has 0 unspecified atom stereocenters. The number of rotatable bonds is 21. The van der Waals surface area contributed by atoms with Crippen molar-refractivity contribution in [1.82, 2.24) is 58.6 Å². The molecule has 0 spiro atoms. The summed E-state index contributed by atoms with van der Waals surface area (Å²) in [6.07, 6.45) is 4.67. The molecule has 105 heavy (non-hydrogen) atoms. The zero-order valence-electron chi connectivity index (χ0n) is 61.0. The van der Waals surface area contributed by atoms with Crippen LogP contribution in [0.25, 0.3) is 33.5 Å². The smallest absolute Gasteiger partial charge is 0.341 e. The van der Waals surface area contributed by atoms with Gasteiger partial charge in [-0.05, 0) is 150 Å². The van der Waals surface area contributed by atoms with Crippen molar-refractivity contribution < 1.29 is 65.2 Å². The van der Waals surface area contributed by atoms with Gasteiger partial charge in [-0.2, -0.15) is 38.3 Å². The summed E-state index contributed by atoms with van der Waals surface area (Å²) in [6.45, 7) is 31.3. The molecule has 9 aromatic rings. The quantitative estimate of drug-likeness (QED) is 0.0147. The number of nitrogen functional groups attached to an aromatic ring is 3. The lowest BCUT2D eigenvalue weighted by Gasteiger charge is -2.39. The van der Waals surface area contributed by atoms with Gasteiger partial charge in [0.25, 0.3) is 17.3 Å². The highest BCUT2D eigenvalue weighted by Gasteiger charge is 2.47. The number of aryl methyl sites for hydroxylation is 3. The summed E-state index contributed by atoms with van der Waals surface area (Å²) >= 11 is 4.03. The van der Waals surface area contributed by atoms with Gasteiger partial charge in [0.1, 0.15) is 42.9 Å². The third-order valence-corrected chi connectivity index (χ3v) is 31.3. The number of nitro groups is 2. The Morgan fingerprint density at radius 1 is 0.590 bits per heavy atom. The molecule has 38 heteroatoms. The van der Waals surface area contributed by atoms with Crippen LogP contribution < -0.4 is 30.9 Å². The molecule has 0 saturated carbocycles. The van der Waals surface area contributed by atoms with Gasteiger partial charge in [0, 0.05) is 38.5 Å². The van der Waals surface area contributed by atoms with E-state index in [1.807, 2.05) is 56.7 Å². The largest absolute Gasteiger partial charge is 0.471 e. The summed E-state index contributed by atoms with van der Waals surface area (Å²) in [5.41, 5.74) is 22.7. The fraction of sp³-hybridized carbons (Fsp3) is 0.507. The molecule has 3 aromatic carbocycles. The van der Waals surface area contributed by atoms with Crippen LogP contribution in [0, 0.1) is 48.1 Å². The number of hydrogen-bond acceptors (Lipinski definition) is 28. The molecule has 8 N–H and O–H groups in total. The van der Waals surface area contributed by atoms with Crippen molar-refractivity contribution in [3.8, 4) is 17.6 Å². The highest BCUT2D eigenvalue weighted by Crippen LogP contribution is 2.45. The molecule has 9 atom stereocenters. The van der Waals surface area contributed by atoms with E-state index in [2.05, 4.69) is 126 Å². The van der Waals surface area contributed by atoms with Crippen LogP contribution >= 0.6 is 45.2 Å². The number of nitrogens with two attached hydrogens (primary N) is 3. The average Bonchev–Trinajstić information content (AvgIpc) is 1.63. The predicted molar refractivity (Wildman–Crippen MR) is 411 cm³/mol. The van der Waals surface area contributed by atoms with Crippen molar-refractivity contribution in [2.75, 3.05) is 23.8 Å². The average molecular weight is 1730 g/mol. The molecule has 0 radical (unpaired) electrons. The van der Waals surface area contributed by atoms with E-state index >= 15 is 0 Å². The number of imidazole rings is 3. The van der Waals surface area contributed by atoms with Gasteiger partial charge < -0.3 is 64.1 Å². The first kappa shape index (κ1) is 80.0. The lowest BCUT2D eigenvalue weighted by atomic mass is 10.1. The summed E-state index contributed by atoms with van der Waals surface area (Å²) in [7, 11) is -8.22. The van der Waals surface area contributed by atoms with Crippen molar-refractivity contribution >= 4 is 135 Å². The van der Waals surface area contributed by atoms with Gasteiger partial charge in [-0.15, -0.1) is 0 Å². The van der Waals surface area contributed by atoms with Crippen molar-refractivity contribution in [2.45, 2.75) is 218 Å². The van der Waals surface area contributed by atoms with Gasteiger partial charge in [0.15, 0.2) is 50.1 Å². The minimum absolute atomic E-state index is 0.0143. The van der Waals surface area contributed by atoms with Crippen LogP contribution in [0.2, 0.25) is 36.3 Å². The Kier molecular flexibility index (Phi) is 24.2. The minimum atomic E-state index is -4.21. The van der Waals surface area contributed by atoms with Crippen molar-refractivity contribution in [1.29, 1.82) is 0 Å². The van der Waals surface area contributed by atoms with Gasteiger partial charge in [-0.1, -0.05) is 73.1 Å². The van der Waals surface area contributed by atoms with E-state index in [-0.39, 0.29) is 124 Å². The van der Waals surface area contributed by atoms with Crippen LogP contribution in [0.15, 0.2) is 72.4 Å². The summed E-state index contributed by atoms with van der Waals surface area (Å²) in [5, 5.41) is 42.2. The molecule has 9 heterocycles. The van der Waals surface area contributed by atoms with E-state index < -0.39 is 61.3 Å². The molecule has 566 valence electrons. The second-order valence-electron chi connectivity index (χ2n) is 29.0. The molecule has 3 saturated heterocycles. The van der Waals surface area contributed by atoms with Crippen LogP contribution in [0.1, 0.15) is 134 Å². The zero-order chi connectivity index (χ0) is 76.7. The summed E-state index contributed by atoms with van der Waals surface area (Å²) in [6, 6.07) is 13.4. The Hall–Kier alpha value is -7.53. The summed E-state index contributed by atoms with van der Waals surface area (Å²) in [5.74, 6) is -0.172. The maximum Gasteiger partial charge on any atom is 0.341 e. The molecule has 0 aliphatic carbocycles. The number of aliphatic hydroxyl groups excluding tert-OH is 2. The third-order valence-electron chi connectivity index (χ3n) is 19.5. The number of halogens is 2. The van der Waals surface area contributed by atoms with Gasteiger partial charge in [-0.3, -0.25) is 33.9 Å². The molecule has 3 fully saturated rings. The number of aromatic nitrogens is 12. The van der Waals surface area contributed by atoms with Crippen molar-refractivity contribution in [2.24, 2.45) is 0 Å². The lowest BCUT2D eigenvalue weighted by Crippen LogP contribution is -2.45. The van der Waals surface area contributed by atoms with Crippen molar-refractivity contribution in [3.63, 3.8) is 0 Å². The molecular weight excluding hydrogens is 1640 g/mol. The van der Waals surface area contributed by atoms with E-state index in [9.17, 15) is 38.9 Å². The molecule has 6 aromatic heterocycles. The molecular formula is C67H89I2N17O16SSi2. The Bertz CT molecular complexity index is 4800. The number of ether oxygens (including phenoxy) is 5. The topological polar surface area (TPSA) is 444 Å². The molecule has 33 nitrogen and oxygen atoms in total. The van der Waals surface area contributed by atoms with Crippen LogP contribution in [0.4, 0.5) is 29.2 Å². The highest BCUT2D eigenvalue weighted by molar-refractivity contribution is 14.1. The van der Waals surface area contributed by atoms with E-state index in [1.165, 1.54) is 18.5 Å². The van der Waals surface area contributed by atoms with E-state index in [0.717, 1.165) is 25.5 Å². The lowest BCUT2D eigenvalue weighted by molar-refractivity contribution is -0.386. The monoisotopic (exact) mass is 1730 g/mol. The van der Waals surface area contributed by atoms with Gasteiger partial charge in [-0.25, -0.2) is 15.0 Å². The second-order valence-corrected chi connectivity index (χ2v) is 42.5. The fourth-order valence-electron chi connectivity index (χ4n) is 12.1. The second kappa shape index (κ2) is 31.7. The molecule has 0 bridgehead atoms. The normalized spacial score (nSPS) is 20.8. The SMILES string of the molecule is CC[C@H]1O[C@@H](n2cnc3c(OCc4ccc(I)cc4[N+](=O)[O-])nc(N)nc32)C[C@H]1O[Si](C)(C)C(C)(C)C.CC[C@H]1O[C@@H](n2cnc3c(OS(=O)(=O)c4c(C)cc(C)cc4C)nc(N)nc32)C[C@H]1O[Si](C)(C)C(C)(C)C.Nc1nc(OCc2ccc(I)cc2[N+](=O)[O-])c2ncn([C@H]3C[C@@H](O)[C@@H](CO)O3)c2n1. The summed E-state index contributed by atoms with van der Waals surface area (Å²) in [4.78, 5) is 60.5. The number of hydrogen-bond donors (Lipinski definition) is 5. The van der Waals surface area contributed by atoms with Gasteiger partial charge >= 0.3 is 10.1 Å². The van der Waals surface area contributed by atoms with Gasteiger partial charge in [0.05, 0.1) is 77.1 Å². The molecule has 3 aliphatic heterocycles. The predicted octanol–water partition coefficient (Wildman–Crippen LogP) is 11.9. The van der Waals surface area contributed by atoms with Crippen LogP contribution in [-0.4, -0.2) is 147 Å². The Balaban J connectivity index is 0.000000170. The standard InChI is InChI=1S/C26H39N5O5SSi.C24H33IN6O5Si.C17H17IN6O6/c1-10-18-19(36-38(8,9)26(5,6)7)13-20(34-18)31-14-28-21-23(31)29-25(27)30-24(21)35-37(32,33)22-16(3)11-15(2)12-17(22)4;1-7-17-18(36-37(5,6)24(2,3)4)11-19(35-17)30-13-27-20-21(30)28-23(26)29-22(20)34-12-14-8-9-15(25)10-16(14)31(32)33;18-9-2-1-8(10(3-9)24(27)28)6-29-16-14-15(21-17(19)22-16)23(7-20-14)13-4-11(26)12(5-25)30-13/h11-12,14,18-20H,10,13H2,1-9H3,(H2,27,29,30);8-10,13,17-19H,7,11-12H2,1-6H3,(H2,26,28,29);1-3,7,11-13,25-26H,4-6H2,(H2,19,21,22)/t18-,19-,20-;17-,18-,19-;11-,12-,13-/m111/s1. The molecule has 12 rings (SSSR count). The van der Waals surface area contributed by atoms with Crippen LogP contribution in [0.5, 0.6) is 17.6 Å². The zero-order valence-corrected chi connectivity index (χ0v) is 68.1. The maximum absolute atomic E-state index is 13.3. The highest BCUT2D eigenvalue weighted by atomic mass is 127. The molecule has 0 amide bonds. The number of fused-ring (bicyclic) bond motifs is 3. The van der Waals surface area contributed by atoms with E-state index in [0.29, 0.717) is 63.1 Å². The fourth-order valence-corrected chi connectivity index (χ4v) is 17.1. The Morgan fingerprint density at radius 2 is 0.952 bits per heavy atom. The van der Waals surface area contributed by atoms with E-state index in [4.69, 9.17) is 53.9 Å². The minimum Gasteiger partial charge on any atom is -0.471 e. The maximum atomic E-state index is 13.3. The number of aliphatic hydroxyl groups is 2. The van der Waals surface area contributed by atoms with Crippen LogP contribution in [0.3, 0.4) is 0 Å². The first-order valence-corrected chi connectivity index (χ1v) is 43.3. The van der Waals surface area contributed by atoms with Gasteiger partial charge in [0.2, 0.25) is 29.6 Å². The number of nitro benzene ring substituents is 2. The number of benzene rings is 3. The number of anilines is 3. The first-order valence-electron chi connectivity index (χ1n) is 34.0. The van der Waals surface area contributed by atoms with Crippen molar-refractivity contribution in [3.05, 3.63) is 123 Å². The van der Waals surface area contributed by atoms with Crippen LogP contribution in [-0.2, 0) is 46.4 Å². The third kappa shape index (κ3) is 17.7. The Labute approximate surface area is 636 Å². The summed E-state index contributed by atoms with van der Waals surface area (Å²) < 4.78 is 82.3. The van der Waals surface area contributed by atoms with E-state index in [1.54, 1.807) is 72.0 Å². The molecule has 3 aliphatic rings.